The van der Waals surface area contributed by atoms with E-state index in [0.29, 0.717) is 12.0 Å². The number of nitrogens with zero attached hydrogens (tertiary/aromatic N) is 1. The van der Waals surface area contributed by atoms with E-state index in [-0.39, 0.29) is 38.0 Å². The molecule has 1 nitrogen and oxygen atoms in total. The van der Waals surface area contributed by atoms with Gasteiger partial charge in [0.25, 0.3) is 5.92 Å². The number of alkyl halides is 5. The number of likely N-dealkylation sites (tertiary alicyclic amines) is 1. The second-order valence-corrected chi connectivity index (χ2v) is 5.47. The molecule has 0 unspecified atom stereocenters. The Balaban J connectivity index is 0.00000127. The van der Waals surface area contributed by atoms with Gasteiger partial charge in [0.15, 0.2) is 0 Å². The molecule has 23 heavy (non-hydrogen) atoms. The third-order valence-electron chi connectivity index (χ3n) is 3.87. The van der Waals surface area contributed by atoms with Gasteiger partial charge in [0.2, 0.25) is 0 Å². The largest absolute Gasteiger partial charge is 0.416 e. The minimum Gasteiger partial charge on any atom is -0.299 e. The molecular weight excluding hydrogens is 313 g/mol. The summed E-state index contributed by atoms with van der Waals surface area (Å²) in [4.78, 5) is 1.66. The van der Waals surface area contributed by atoms with Gasteiger partial charge in [-0.1, -0.05) is 32.9 Å². The summed E-state index contributed by atoms with van der Waals surface area (Å²) in [5.41, 5.74) is 0.125. The molecule has 0 amide bonds. The van der Waals surface area contributed by atoms with Crippen molar-refractivity contribution in [2.24, 2.45) is 0 Å². The zero-order valence-electron chi connectivity index (χ0n) is 13.8. The fourth-order valence-corrected chi connectivity index (χ4v) is 2.52. The van der Waals surface area contributed by atoms with Crippen LogP contribution in [0.1, 0.15) is 50.3 Å². The van der Waals surface area contributed by atoms with Gasteiger partial charge in [-0.15, -0.1) is 0 Å². The molecule has 1 fully saturated rings. The first-order valence-electron chi connectivity index (χ1n) is 8.00. The molecule has 1 aliphatic rings. The molecule has 0 radical (unpaired) electrons. The van der Waals surface area contributed by atoms with Crippen LogP contribution in [0.4, 0.5) is 22.0 Å². The van der Waals surface area contributed by atoms with Crippen LogP contribution in [0.2, 0.25) is 0 Å². The van der Waals surface area contributed by atoms with Gasteiger partial charge in [-0.2, -0.15) is 13.2 Å². The fourth-order valence-electron chi connectivity index (χ4n) is 2.52. The van der Waals surface area contributed by atoms with Gasteiger partial charge < -0.3 is 0 Å². The fraction of sp³-hybridized carbons (Fsp3) is 0.647. The minimum absolute atomic E-state index is 0.0644. The molecule has 6 heteroatoms. The Labute approximate surface area is 134 Å². The number of aryl methyl sites for hydroxylation is 1. The van der Waals surface area contributed by atoms with Crippen LogP contribution in [0.5, 0.6) is 0 Å². The molecule has 0 saturated carbocycles. The maximum Gasteiger partial charge on any atom is 0.416 e. The molecule has 0 aliphatic carbocycles. The van der Waals surface area contributed by atoms with Crippen LogP contribution in [-0.4, -0.2) is 23.9 Å². The molecule has 2 rings (SSSR count). The topological polar surface area (TPSA) is 3.24 Å². The van der Waals surface area contributed by atoms with Gasteiger partial charge in [0.05, 0.1) is 5.56 Å². The molecule has 0 bridgehead atoms. The highest BCUT2D eigenvalue weighted by Gasteiger charge is 2.36. The van der Waals surface area contributed by atoms with Crippen LogP contribution < -0.4 is 0 Å². The average molecular weight is 337 g/mol. The Bertz CT molecular complexity index is 486. The second-order valence-electron chi connectivity index (χ2n) is 5.47. The van der Waals surface area contributed by atoms with Crippen molar-refractivity contribution in [1.82, 2.24) is 4.90 Å². The zero-order chi connectivity index (χ0) is 17.7. The molecule has 1 aromatic carbocycles. The van der Waals surface area contributed by atoms with Crippen LogP contribution in [0.25, 0.3) is 0 Å². The van der Waals surface area contributed by atoms with Crippen LogP contribution in [0.3, 0.4) is 0 Å². The van der Waals surface area contributed by atoms with Gasteiger partial charge in [0.1, 0.15) is 0 Å². The van der Waals surface area contributed by atoms with Crippen molar-refractivity contribution < 1.29 is 22.0 Å². The van der Waals surface area contributed by atoms with Crippen LogP contribution >= 0.6 is 0 Å². The Morgan fingerprint density at radius 2 is 1.65 bits per heavy atom. The lowest BCUT2D eigenvalue weighted by molar-refractivity contribution is -0.138. The van der Waals surface area contributed by atoms with E-state index in [1.54, 1.807) is 17.9 Å². The summed E-state index contributed by atoms with van der Waals surface area (Å²) in [6.07, 6.45) is -4.47. The highest BCUT2D eigenvalue weighted by Crippen LogP contribution is 2.34. The van der Waals surface area contributed by atoms with E-state index >= 15 is 0 Å². The summed E-state index contributed by atoms with van der Waals surface area (Å²) in [6, 6.07) is 4.30. The number of halogens is 5. The van der Waals surface area contributed by atoms with Crippen molar-refractivity contribution in [2.45, 2.75) is 58.7 Å². The van der Waals surface area contributed by atoms with E-state index in [4.69, 9.17) is 0 Å². The lowest BCUT2D eigenvalue weighted by Crippen LogP contribution is -2.39. The van der Waals surface area contributed by atoms with Crippen LogP contribution in [-0.2, 0) is 19.1 Å². The molecule has 0 N–H and O–H groups in total. The molecule has 1 saturated heterocycles. The molecular formula is C17H24F5N. The van der Waals surface area contributed by atoms with E-state index in [0.717, 1.165) is 6.07 Å². The van der Waals surface area contributed by atoms with Crippen molar-refractivity contribution in [3.8, 4) is 0 Å². The summed E-state index contributed by atoms with van der Waals surface area (Å²) in [5, 5.41) is 0. The second kappa shape index (κ2) is 8.08. The van der Waals surface area contributed by atoms with Gasteiger partial charge in [-0.3, -0.25) is 4.90 Å². The van der Waals surface area contributed by atoms with E-state index in [9.17, 15) is 22.0 Å². The van der Waals surface area contributed by atoms with Crippen molar-refractivity contribution in [3.63, 3.8) is 0 Å². The van der Waals surface area contributed by atoms with E-state index < -0.39 is 17.7 Å². The minimum atomic E-state index is -4.42. The Kier molecular flexibility index (Phi) is 6.99. The number of rotatable bonds is 3. The Morgan fingerprint density at radius 3 is 2.13 bits per heavy atom. The van der Waals surface area contributed by atoms with Gasteiger partial charge >= 0.3 is 6.18 Å². The van der Waals surface area contributed by atoms with Crippen LogP contribution in [0, 0.1) is 0 Å². The van der Waals surface area contributed by atoms with E-state index in [1.165, 1.54) is 6.07 Å². The summed E-state index contributed by atoms with van der Waals surface area (Å²) in [6.45, 7) is 6.11. The number of benzene rings is 1. The summed E-state index contributed by atoms with van der Waals surface area (Å²) < 4.78 is 65.5. The SMILES string of the molecule is CC.CCc1ccc(CN2CCC(F)(F)CC2)c(C(F)(F)F)c1. The van der Waals surface area contributed by atoms with Crippen molar-refractivity contribution in [3.05, 3.63) is 34.9 Å². The maximum atomic E-state index is 13.1. The van der Waals surface area contributed by atoms with E-state index in [1.807, 2.05) is 13.8 Å². The molecule has 1 aromatic rings. The third kappa shape index (κ3) is 5.75. The Morgan fingerprint density at radius 1 is 1.09 bits per heavy atom. The van der Waals surface area contributed by atoms with Crippen molar-refractivity contribution in [1.29, 1.82) is 0 Å². The lowest BCUT2D eigenvalue weighted by Gasteiger charge is -2.32. The lowest BCUT2D eigenvalue weighted by atomic mass is 10.00. The first-order chi connectivity index (χ1) is 10.7. The highest BCUT2D eigenvalue weighted by atomic mass is 19.4. The molecule has 1 heterocycles. The normalized spacial score (nSPS) is 18.3. The monoisotopic (exact) mass is 337 g/mol. The Hall–Kier alpha value is -1.17. The summed E-state index contributed by atoms with van der Waals surface area (Å²) in [5.74, 6) is -2.69. The first-order valence-corrected chi connectivity index (χ1v) is 8.00. The number of hydrogen-bond donors (Lipinski definition) is 0. The smallest absolute Gasteiger partial charge is 0.299 e. The quantitative estimate of drug-likeness (QED) is 0.656. The highest BCUT2D eigenvalue weighted by molar-refractivity contribution is 5.34. The molecule has 0 aromatic heterocycles. The predicted octanol–water partition coefficient (Wildman–Crippen LogP) is 5.53. The van der Waals surface area contributed by atoms with Crippen LogP contribution in [0.15, 0.2) is 18.2 Å². The average Bonchev–Trinajstić information content (AvgIpc) is 2.51. The standard InChI is InChI=1S/C15H18F5N.C2H6/c1-2-11-3-4-12(13(9-11)15(18,19)20)10-21-7-5-14(16,17)6-8-21;1-2/h3-4,9H,2,5-8,10H2,1H3;1-2H3. The van der Waals surface area contributed by atoms with Crippen molar-refractivity contribution in [2.75, 3.05) is 13.1 Å². The number of hydrogen-bond acceptors (Lipinski definition) is 1. The molecule has 1 aliphatic heterocycles. The number of piperidine rings is 1. The van der Waals surface area contributed by atoms with Gasteiger partial charge in [-0.25, -0.2) is 8.78 Å². The summed E-state index contributed by atoms with van der Waals surface area (Å²) >= 11 is 0. The summed E-state index contributed by atoms with van der Waals surface area (Å²) in [7, 11) is 0. The van der Waals surface area contributed by atoms with Gasteiger partial charge in [-0.05, 0) is 23.6 Å². The van der Waals surface area contributed by atoms with E-state index in [2.05, 4.69) is 0 Å². The first kappa shape index (κ1) is 19.9. The zero-order valence-corrected chi connectivity index (χ0v) is 13.8. The maximum absolute atomic E-state index is 13.1. The molecule has 0 atom stereocenters. The predicted molar refractivity (Wildman–Crippen MR) is 81.6 cm³/mol. The van der Waals surface area contributed by atoms with Crippen molar-refractivity contribution >= 4 is 0 Å². The molecule has 0 spiro atoms. The third-order valence-corrected chi connectivity index (χ3v) is 3.87. The van der Waals surface area contributed by atoms with Gasteiger partial charge in [0, 0.05) is 32.5 Å². The molecule has 132 valence electrons.